The summed E-state index contributed by atoms with van der Waals surface area (Å²) in [5.41, 5.74) is 14.6. The van der Waals surface area contributed by atoms with E-state index in [9.17, 15) is 0 Å². The molecule has 0 saturated carbocycles. The van der Waals surface area contributed by atoms with Gasteiger partial charge in [0, 0.05) is 67.0 Å². The van der Waals surface area contributed by atoms with E-state index in [1.807, 2.05) is 12.4 Å². The van der Waals surface area contributed by atoms with E-state index in [0.29, 0.717) is 0 Å². The fourth-order valence-electron chi connectivity index (χ4n) is 9.03. The summed E-state index contributed by atoms with van der Waals surface area (Å²) in [6, 6.07) is 60.2. The molecule has 3 aromatic heterocycles. The van der Waals surface area contributed by atoms with Gasteiger partial charge in [-0.05, 0) is 87.8 Å². The summed E-state index contributed by atoms with van der Waals surface area (Å²) in [6.07, 6.45) is 4.01. The van der Waals surface area contributed by atoms with E-state index in [1.165, 1.54) is 104 Å². The van der Waals surface area contributed by atoms with Crippen molar-refractivity contribution < 1.29 is 0 Å². The maximum atomic E-state index is 4.63. The molecule has 0 amide bonds. The zero-order chi connectivity index (χ0) is 33.9. The van der Waals surface area contributed by atoms with E-state index in [2.05, 4.69) is 178 Å². The van der Waals surface area contributed by atoms with Crippen molar-refractivity contribution in [3.05, 3.63) is 176 Å². The van der Waals surface area contributed by atoms with Crippen molar-refractivity contribution in [1.82, 2.24) is 14.1 Å². The maximum absolute atomic E-state index is 4.63. The molecule has 3 heterocycles. The lowest BCUT2D eigenvalue weighted by molar-refractivity contribution is 1.18. The lowest BCUT2D eigenvalue weighted by Gasteiger charge is -2.12. The van der Waals surface area contributed by atoms with Crippen LogP contribution in [-0.2, 0) is 0 Å². The fourth-order valence-corrected chi connectivity index (χ4v) is 9.03. The second-order valence-corrected chi connectivity index (χ2v) is 14.0. The predicted molar refractivity (Wildman–Crippen MR) is 218 cm³/mol. The monoisotopic (exact) mass is 659 g/mol. The molecule has 0 bridgehead atoms. The molecule has 0 radical (unpaired) electrons. The van der Waals surface area contributed by atoms with Gasteiger partial charge in [-0.2, -0.15) is 0 Å². The van der Waals surface area contributed by atoms with Gasteiger partial charge in [0.1, 0.15) is 0 Å². The van der Waals surface area contributed by atoms with Crippen LogP contribution in [0.15, 0.2) is 176 Å². The molecular weight excluding hydrogens is 631 g/mol. The number of para-hydroxylation sites is 2. The van der Waals surface area contributed by atoms with Crippen molar-refractivity contribution in [2.45, 2.75) is 0 Å². The normalized spacial score (nSPS) is 12.2. The molecule has 0 fully saturated rings. The Hall–Kier alpha value is -6.97. The van der Waals surface area contributed by atoms with Crippen LogP contribution in [0.3, 0.4) is 0 Å². The average molecular weight is 660 g/mol. The van der Waals surface area contributed by atoms with Gasteiger partial charge in [-0.15, -0.1) is 0 Å². The first-order valence-electron chi connectivity index (χ1n) is 17.9. The molecule has 0 unspecified atom stereocenters. The minimum atomic E-state index is 1.16. The Balaban J connectivity index is 1.09. The molecule has 240 valence electrons. The minimum absolute atomic E-state index is 1.16. The molecule has 0 aliphatic heterocycles. The van der Waals surface area contributed by atoms with E-state index < -0.39 is 0 Å². The number of pyridine rings is 1. The van der Waals surface area contributed by atoms with Crippen LogP contribution in [0, 0.1) is 0 Å². The molecule has 1 aliphatic rings. The number of benzene rings is 8. The van der Waals surface area contributed by atoms with E-state index in [-0.39, 0.29) is 0 Å². The number of nitrogens with zero attached hydrogens (tertiary/aromatic N) is 3. The number of aromatic nitrogens is 3. The summed E-state index contributed by atoms with van der Waals surface area (Å²) in [5.74, 6) is 0. The van der Waals surface area contributed by atoms with Gasteiger partial charge in [-0.3, -0.25) is 4.98 Å². The highest BCUT2D eigenvalue weighted by Gasteiger charge is 2.24. The van der Waals surface area contributed by atoms with E-state index >= 15 is 0 Å². The van der Waals surface area contributed by atoms with Gasteiger partial charge < -0.3 is 9.13 Å². The van der Waals surface area contributed by atoms with Crippen LogP contribution >= 0.6 is 0 Å². The molecular formula is C49H29N3. The van der Waals surface area contributed by atoms with Crippen LogP contribution < -0.4 is 0 Å². The summed E-state index contributed by atoms with van der Waals surface area (Å²) >= 11 is 0. The highest BCUT2D eigenvalue weighted by molar-refractivity contribution is 6.20. The highest BCUT2D eigenvalue weighted by atomic mass is 15.0. The quantitative estimate of drug-likeness (QED) is 0.185. The van der Waals surface area contributed by atoms with Crippen LogP contribution in [0.25, 0.3) is 110 Å². The number of fused-ring (bicyclic) bond motifs is 11. The van der Waals surface area contributed by atoms with E-state index in [4.69, 9.17) is 0 Å². The summed E-state index contributed by atoms with van der Waals surface area (Å²) < 4.78 is 4.85. The standard InChI is InChI=1S/C49H29N3/c1-2-11-34(12-3-1)51-45-16-7-6-14-38(45)42-25-31(18-23-46(42)51)32-19-24-47-43(26-32)40-21-17-30-9-4-5-13-36(30)49(40)52(47)35-20-22-37-39-15-8-10-33-28-50-29-44(48(33)39)41(37)27-35/h1-29H. The predicted octanol–water partition coefficient (Wildman–Crippen LogP) is 12.9. The van der Waals surface area contributed by atoms with Gasteiger partial charge in [-0.25, -0.2) is 0 Å². The van der Waals surface area contributed by atoms with Gasteiger partial charge in [-0.1, -0.05) is 109 Å². The van der Waals surface area contributed by atoms with Crippen molar-refractivity contribution in [1.29, 1.82) is 0 Å². The molecule has 0 saturated heterocycles. The highest BCUT2D eigenvalue weighted by Crippen LogP contribution is 2.48. The molecule has 3 heteroatoms. The number of hydrogen-bond acceptors (Lipinski definition) is 1. The first-order valence-corrected chi connectivity index (χ1v) is 17.9. The van der Waals surface area contributed by atoms with Crippen molar-refractivity contribution in [3.8, 4) is 44.8 Å². The van der Waals surface area contributed by atoms with Gasteiger partial charge in [0.15, 0.2) is 0 Å². The molecule has 0 spiro atoms. The molecule has 1 aliphatic carbocycles. The van der Waals surface area contributed by atoms with Crippen LogP contribution in [0.1, 0.15) is 0 Å². The molecule has 11 aromatic rings. The molecule has 3 nitrogen and oxygen atoms in total. The Morgan fingerprint density at radius 3 is 1.92 bits per heavy atom. The summed E-state index contributed by atoms with van der Waals surface area (Å²) in [6.45, 7) is 0. The summed E-state index contributed by atoms with van der Waals surface area (Å²) in [7, 11) is 0. The Kier molecular flexibility index (Phi) is 5.50. The van der Waals surface area contributed by atoms with Crippen LogP contribution in [0.5, 0.6) is 0 Å². The molecule has 0 atom stereocenters. The first-order chi connectivity index (χ1) is 25.8. The molecule has 0 N–H and O–H groups in total. The minimum Gasteiger partial charge on any atom is -0.309 e. The lowest BCUT2D eigenvalue weighted by atomic mass is 10.00. The van der Waals surface area contributed by atoms with Crippen molar-refractivity contribution in [2.75, 3.05) is 0 Å². The second kappa shape index (κ2) is 10.3. The van der Waals surface area contributed by atoms with Crippen LogP contribution in [0.4, 0.5) is 0 Å². The SMILES string of the molecule is c1ccc(-n2c3ccccc3c3cc(-c4ccc5c(c4)c4ccc6ccccc6c4n5-c4ccc5c(c4)-c4cncc6cccc-5c46)ccc32)cc1. The summed E-state index contributed by atoms with van der Waals surface area (Å²) in [4.78, 5) is 4.63. The average Bonchev–Trinajstić information content (AvgIpc) is 3.84. The zero-order valence-corrected chi connectivity index (χ0v) is 28.1. The Morgan fingerprint density at radius 2 is 1.06 bits per heavy atom. The number of hydrogen-bond donors (Lipinski definition) is 0. The second-order valence-electron chi connectivity index (χ2n) is 14.0. The molecule has 8 aromatic carbocycles. The van der Waals surface area contributed by atoms with E-state index in [1.54, 1.807) is 0 Å². The van der Waals surface area contributed by atoms with E-state index in [0.717, 1.165) is 5.69 Å². The smallest absolute Gasteiger partial charge is 0.0619 e. The number of rotatable bonds is 3. The van der Waals surface area contributed by atoms with Gasteiger partial charge in [0.25, 0.3) is 0 Å². The maximum Gasteiger partial charge on any atom is 0.0619 e. The van der Waals surface area contributed by atoms with Crippen molar-refractivity contribution in [2.24, 2.45) is 0 Å². The third-order valence-electron chi connectivity index (χ3n) is 11.3. The molecule has 12 rings (SSSR count). The van der Waals surface area contributed by atoms with Crippen LogP contribution in [-0.4, -0.2) is 14.1 Å². The fraction of sp³-hybridized carbons (Fsp3) is 0. The zero-order valence-electron chi connectivity index (χ0n) is 28.1. The first kappa shape index (κ1) is 27.8. The van der Waals surface area contributed by atoms with Crippen molar-refractivity contribution in [3.63, 3.8) is 0 Å². The Bertz CT molecular complexity index is 3280. The van der Waals surface area contributed by atoms with Crippen molar-refractivity contribution >= 4 is 65.2 Å². The third-order valence-corrected chi connectivity index (χ3v) is 11.3. The topological polar surface area (TPSA) is 22.8 Å². The Labute approximate surface area is 299 Å². The van der Waals surface area contributed by atoms with Gasteiger partial charge >= 0.3 is 0 Å². The van der Waals surface area contributed by atoms with Gasteiger partial charge in [0.05, 0.1) is 22.1 Å². The Morgan fingerprint density at radius 1 is 0.346 bits per heavy atom. The van der Waals surface area contributed by atoms with Crippen LogP contribution in [0.2, 0.25) is 0 Å². The third kappa shape index (κ3) is 3.72. The van der Waals surface area contributed by atoms with Gasteiger partial charge in [0.2, 0.25) is 0 Å². The summed E-state index contributed by atoms with van der Waals surface area (Å²) in [5, 5.41) is 9.99. The lowest BCUT2D eigenvalue weighted by Crippen LogP contribution is -1.95. The largest absolute Gasteiger partial charge is 0.309 e. The molecule has 52 heavy (non-hydrogen) atoms.